The van der Waals surface area contributed by atoms with E-state index in [0.29, 0.717) is 18.8 Å². The van der Waals surface area contributed by atoms with Gasteiger partial charge in [-0.25, -0.2) is 8.42 Å². The highest BCUT2D eigenvalue weighted by molar-refractivity contribution is 8.00. The number of ether oxygens (including phenoxy) is 1. The summed E-state index contributed by atoms with van der Waals surface area (Å²) in [5.41, 5.74) is 1.61. The lowest BCUT2D eigenvalue weighted by Crippen LogP contribution is -2.35. The van der Waals surface area contributed by atoms with Crippen LogP contribution in [0.3, 0.4) is 0 Å². The van der Waals surface area contributed by atoms with Crippen molar-refractivity contribution in [3.05, 3.63) is 48.0 Å². The number of amides is 1. The Bertz CT molecular complexity index is 953. The molecule has 8 heteroatoms. The standard InChI is InChI=1S/C21H26N2O4S2/c1-16-6-9-18(10-7-16)28-15-21(24)22-17-8-11-19(27-2)20(14-17)29(25,26)23-12-4-3-5-13-23/h6-11,14H,3-5,12-13,15H2,1-2H3,(H,22,24). The van der Waals surface area contributed by atoms with Crippen LogP contribution in [0.1, 0.15) is 24.8 Å². The van der Waals surface area contributed by atoms with Crippen LogP contribution in [0.25, 0.3) is 0 Å². The van der Waals surface area contributed by atoms with Gasteiger partial charge in [-0.1, -0.05) is 24.1 Å². The van der Waals surface area contributed by atoms with E-state index in [2.05, 4.69) is 5.32 Å². The molecule has 1 aliphatic rings. The lowest BCUT2D eigenvalue weighted by molar-refractivity contribution is -0.113. The predicted octanol–water partition coefficient (Wildman–Crippen LogP) is 3.91. The molecule has 0 radical (unpaired) electrons. The van der Waals surface area contributed by atoms with E-state index in [4.69, 9.17) is 4.74 Å². The minimum atomic E-state index is -3.67. The maximum Gasteiger partial charge on any atom is 0.246 e. The number of hydrogen-bond donors (Lipinski definition) is 1. The minimum absolute atomic E-state index is 0.0888. The van der Waals surface area contributed by atoms with Crippen LogP contribution in [0.4, 0.5) is 5.69 Å². The maximum absolute atomic E-state index is 13.1. The van der Waals surface area contributed by atoms with Gasteiger partial charge in [0.1, 0.15) is 10.6 Å². The lowest BCUT2D eigenvalue weighted by atomic mass is 10.2. The van der Waals surface area contributed by atoms with Gasteiger partial charge in [-0.2, -0.15) is 4.31 Å². The quantitative estimate of drug-likeness (QED) is 0.669. The van der Waals surface area contributed by atoms with Crippen LogP contribution in [0.5, 0.6) is 5.75 Å². The van der Waals surface area contributed by atoms with Crippen molar-refractivity contribution in [1.82, 2.24) is 4.31 Å². The molecule has 1 amide bonds. The highest BCUT2D eigenvalue weighted by atomic mass is 32.2. The Hall–Kier alpha value is -2.03. The smallest absolute Gasteiger partial charge is 0.246 e. The number of nitrogens with zero attached hydrogens (tertiary/aromatic N) is 1. The third-order valence-electron chi connectivity index (χ3n) is 4.77. The summed E-state index contributed by atoms with van der Waals surface area (Å²) in [5.74, 6) is 0.327. The zero-order valence-corrected chi connectivity index (χ0v) is 18.3. The highest BCUT2D eigenvalue weighted by Crippen LogP contribution is 2.31. The molecule has 1 saturated heterocycles. The van der Waals surface area contributed by atoms with Crippen LogP contribution in [0, 0.1) is 6.92 Å². The second kappa shape index (κ2) is 9.65. The molecule has 2 aromatic carbocycles. The highest BCUT2D eigenvalue weighted by Gasteiger charge is 2.29. The zero-order valence-electron chi connectivity index (χ0n) is 16.7. The van der Waals surface area contributed by atoms with E-state index in [1.165, 1.54) is 34.8 Å². The lowest BCUT2D eigenvalue weighted by Gasteiger charge is -2.26. The van der Waals surface area contributed by atoms with E-state index in [1.807, 2.05) is 31.2 Å². The molecule has 0 aromatic heterocycles. The van der Waals surface area contributed by atoms with E-state index in [1.54, 1.807) is 12.1 Å². The van der Waals surface area contributed by atoms with Crippen molar-refractivity contribution in [2.75, 3.05) is 31.3 Å². The third kappa shape index (κ3) is 5.52. The van der Waals surface area contributed by atoms with Crippen molar-refractivity contribution in [3.8, 4) is 5.75 Å². The van der Waals surface area contributed by atoms with Gasteiger partial charge >= 0.3 is 0 Å². The van der Waals surface area contributed by atoms with Crippen molar-refractivity contribution in [2.24, 2.45) is 0 Å². The minimum Gasteiger partial charge on any atom is -0.495 e. The molecule has 156 valence electrons. The molecule has 0 bridgehead atoms. The van der Waals surface area contributed by atoms with Crippen molar-refractivity contribution in [1.29, 1.82) is 0 Å². The summed E-state index contributed by atoms with van der Waals surface area (Å²) in [4.78, 5) is 13.4. The fourth-order valence-corrected chi connectivity index (χ4v) is 5.58. The van der Waals surface area contributed by atoms with Crippen LogP contribution < -0.4 is 10.1 Å². The van der Waals surface area contributed by atoms with E-state index < -0.39 is 10.0 Å². The number of piperidine rings is 1. The van der Waals surface area contributed by atoms with Crippen LogP contribution in [-0.4, -0.2) is 44.6 Å². The van der Waals surface area contributed by atoms with E-state index in [9.17, 15) is 13.2 Å². The summed E-state index contributed by atoms with van der Waals surface area (Å²) in [5, 5.41) is 2.79. The average Bonchev–Trinajstić information content (AvgIpc) is 2.74. The molecule has 0 unspecified atom stereocenters. The summed E-state index contributed by atoms with van der Waals surface area (Å²) in [6, 6.07) is 12.7. The molecule has 0 atom stereocenters. The molecule has 1 fully saturated rings. The molecule has 1 aliphatic heterocycles. The van der Waals surface area contributed by atoms with Gasteiger partial charge in [-0.05, 0) is 50.1 Å². The van der Waals surface area contributed by atoms with Crippen LogP contribution >= 0.6 is 11.8 Å². The van der Waals surface area contributed by atoms with Crippen molar-refractivity contribution >= 4 is 33.4 Å². The Labute approximate surface area is 176 Å². The molecule has 3 rings (SSSR count). The summed E-state index contributed by atoms with van der Waals surface area (Å²) < 4.78 is 32.9. The number of nitrogens with one attached hydrogen (secondary N) is 1. The molecule has 0 saturated carbocycles. The Kier molecular flexibility index (Phi) is 7.21. The third-order valence-corrected chi connectivity index (χ3v) is 7.70. The van der Waals surface area contributed by atoms with Gasteiger partial charge in [0.2, 0.25) is 15.9 Å². The summed E-state index contributed by atoms with van der Waals surface area (Å²) >= 11 is 1.43. The molecule has 0 aliphatic carbocycles. The first-order valence-corrected chi connectivity index (χ1v) is 12.0. The average molecular weight is 435 g/mol. The summed E-state index contributed by atoms with van der Waals surface area (Å²) in [6.45, 7) is 3.03. The monoisotopic (exact) mass is 434 g/mol. The first-order chi connectivity index (χ1) is 13.9. The molecule has 6 nitrogen and oxygen atoms in total. The number of carbonyl (C=O) groups is 1. The predicted molar refractivity (Wildman–Crippen MR) is 116 cm³/mol. The molecule has 1 N–H and O–H groups in total. The number of hydrogen-bond acceptors (Lipinski definition) is 5. The van der Waals surface area contributed by atoms with Crippen molar-refractivity contribution in [3.63, 3.8) is 0 Å². The molecule has 0 spiro atoms. The van der Waals surface area contributed by atoms with Gasteiger partial charge in [0.05, 0.1) is 12.9 Å². The molecular weight excluding hydrogens is 408 g/mol. The zero-order chi connectivity index (χ0) is 20.9. The Morgan fingerprint density at radius 2 is 1.79 bits per heavy atom. The van der Waals surface area contributed by atoms with Gasteiger partial charge in [0.15, 0.2) is 0 Å². The second-order valence-corrected chi connectivity index (χ2v) is 9.94. The number of anilines is 1. The first kappa shape index (κ1) is 21.7. The Morgan fingerprint density at radius 1 is 1.10 bits per heavy atom. The number of rotatable bonds is 7. The van der Waals surface area contributed by atoms with Gasteiger partial charge in [-0.15, -0.1) is 11.8 Å². The molecule has 2 aromatic rings. The topological polar surface area (TPSA) is 75.7 Å². The van der Waals surface area contributed by atoms with Crippen LogP contribution in [0.2, 0.25) is 0 Å². The largest absolute Gasteiger partial charge is 0.495 e. The van der Waals surface area contributed by atoms with E-state index in [0.717, 1.165) is 24.2 Å². The fourth-order valence-electron chi connectivity index (χ4n) is 3.18. The molecule has 1 heterocycles. The number of thioether (sulfide) groups is 1. The van der Waals surface area contributed by atoms with Crippen molar-refractivity contribution < 1.29 is 17.9 Å². The van der Waals surface area contributed by atoms with Gasteiger partial charge < -0.3 is 10.1 Å². The second-order valence-electron chi connectivity index (χ2n) is 6.98. The first-order valence-electron chi connectivity index (χ1n) is 9.57. The molecule has 29 heavy (non-hydrogen) atoms. The van der Waals surface area contributed by atoms with E-state index >= 15 is 0 Å². The van der Waals surface area contributed by atoms with Gasteiger partial charge in [0.25, 0.3) is 0 Å². The number of sulfonamides is 1. The van der Waals surface area contributed by atoms with E-state index in [-0.39, 0.29) is 22.3 Å². The van der Waals surface area contributed by atoms with Crippen LogP contribution in [0.15, 0.2) is 52.3 Å². The number of carbonyl (C=O) groups excluding carboxylic acids is 1. The molecular formula is C21H26N2O4S2. The Balaban J connectivity index is 1.72. The number of benzene rings is 2. The van der Waals surface area contributed by atoms with Crippen molar-refractivity contribution in [2.45, 2.75) is 36.0 Å². The fraction of sp³-hybridized carbons (Fsp3) is 0.381. The SMILES string of the molecule is COc1ccc(NC(=O)CSc2ccc(C)cc2)cc1S(=O)(=O)N1CCCCC1. The van der Waals surface area contributed by atoms with Gasteiger partial charge in [0, 0.05) is 23.7 Å². The normalized spacial score (nSPS) is 15.1. The Morgan fingerprint density at radius 3 is 2.45 bits per heavy atom. The number of aryl methyl sites for hydroxylation is 1. The summed E-state index contributed by atoms with van der Waals surface area (Å²) in [7, 11) is -2.23. The van der Waals surface area contributed by atoms with Crippen LogP contribution in [-0.2, 0) is 14.8 Å². The number of methoxy groups -OCH3 is 1. The van der Waals surface area contributed by atoms with Gasteiger partial charge in [-0.3, -0.25) is 4.79 Å². The summed E-state index contributed by atoms with van der Waals surface area (Å²) in [6.07, 6.45) is 2.75. The maximum atomic E-state index is 13.1.